The number of rotatable bonds is 3. The Hall–Kier alpha value is -0.970. The van der Waals surface area contributed by atoms with Crippen molar-refractivity contribution in [3.05, 3.63) is 0 Å². The van der Waals surface area contributed by atoms with Crippen molar-refractivity contribution in [1.82, 2.24) is 5.32 Å². The standard InChI is InChI=1S/C17H30ClNO4/c1-15(2,3)12-9-7-8-10-17(12,13(20)22-11-18)19-14(21)23-16(4,5)6/h12H,7-11H2,1-6H3,(H,19,21). The van der Waals surface area contributed by atoms with Crippen molar-refractivity contribution in [2.45, 2.75) is 78.4 Å². The van der Waals surface area contributed by atoms with Gasteiger partial charge in [0.1, 0.15) is 11.1 Å². The Labute approximate surface area is 144 Å². The quantitative estimate of drug-likeness (QED) is 0.613. The van der Waals surface area contributed by atoms with Gasteiger partial charge in [0.25, 0.3) is 0 Å². The van der Waals surface area contributed by atoms with E-state index in [0.29, 0.717) is 6.42 Å². The molecule has 0 heterocycles. The minimum absolute atomic E-state index is 0.0491. The zero-order valence-electron chi connectivity index (χ0n) is 15.1. The van der Waals surface area contributed by atoms with Crippen molar-refractivity contribution < 1.29 is 19.1 Å². The molecule has 0 aromatic heterocycles. The Bertz CT molecular complexity index is 439. The number of hydrogen-bond donors (Lipinski definition) is 1. The maximum absolute atomic E-state index is 12.7. The first-order valence-corrected chi connectivity index (χ1v) is 8.70. The number of alkyl halides is 1. The molecule has 0 aromatic rings. The first-order valence-electron chi connectivity index (χ1n) is 8.17. The lowest BCUT2D eigenvalue weighted by molar-refractivity contribution is -0.157. The summed E-state index contributed by atoms with van der Waals surface area (Å²) in [6.07, 6.45) is 2.65. The minimum Gasteiger partial charge on any atom is -0.448 e. The SMILES string of the molecule is CC(C)(C)OC(=O)NC1(C(=O)OCCl)CCCCC1C(C)(C)C. The van der Waals surface area contributed by atoms with Gasteiger partial charge in [-0.15, -0.1) is 0 Å². The number of halogens is 1. The van der Waals surface area contributed by atoms with Crippen molar-refractivity contribution in [2.24, 2.45) is 11.3 Å². The minimum atomic E-state index is -1.09. The van der Waals surface area contributed by atoms with Crippen LogP contribution in [0.1, 0.15) is 67.2 Å². The number of nitrogens with one attached hydrogen (secondary N) is 1. The lowest BCUT2D eigenvalue weighted by atomic mass is 9.62. The third kappa shape index (κ3) is 5.27. The summed E-state index contributed by atoms with van der Waals surface area (Å²) < 4.78 is 10.5. The summed E-state index contributed by atoms with van der Waals surface area (Å²) in [7, 11) is 0. The molecule has 0 spiro atoms. The van der Waals surface area contributed by atoms with Gasteiger partial charge in [-0.05, 0) is 44.9 Å². The zero-order chi connectivity index (χ0) is 17.9. The zero-order valence-corrected chi connectivity index (χ0v) is 15.9. The first kappa shape index (κ1) is 20.1. The molecular formula is C17H30ClNO4. The van der Waals surface area contributed by atoms with Crippen LogP contribution in [-0.4, -0.2) is 29.3 Å². The highest BCUT2D eigenvalue weighted by Crippen LogP contribution is 2.45. The fourth-order valence-electron chi connectivity index (χ4n) is 3.45. The average Bonchev–Trinajstić information content (AvgIpc) is 2.35. The molecule has 0 aromatic carbocycles. The maximum atomic E-state index is 12.7. The number of carbonyl (C=O) groups is 2. The smallest absolute Gasteiger partial charge is 0.408 e. The Balaban J connectivity index is 3.15. The van der Waals surface area contributed by atoms with Crippen LogP contribution < -0.4 is 5.32 Å². The number of carbonyl (C=O) groups excluding carboxylic acids is 2. The van der Waals surface area contributed by atoms with Crippen molar-refractivity contribution in [3.63, 3.8) is 0 Å². The van der Waals surface area contributed by atoms with Gasteiger partial charge in [0, 0.05) is 0 Å². The summed E-state index contributed by atoms with van der Waals surface area (Å²) in [6, 6.07) is -0.229. The monoisotopic (exact) mass is 347 g/mol. The van der Waals surface area contributed by atoms with Crippen LogP contribution >= 0.6 is 11.6 Å². The molecule has 5 nitrogen and oxygen atoms in total. The van der Waals surface area contributed by atoms with Gasteiger partial charge in [-0.25, -0.2) is 9.59 Å². The van der Waals surface area contributed by atoms with E-state index in [-0.39, 0.29) is 17.4 Å². The van der Waals surface area contributed by atoms with Crippen molar-refractivity contribution >= 4 is 23.7 Å². The summed E-state index contributed by atoms with van der Waals surface area (Å²) >= 11 is 5.60. The summed E-state index contributed by atoms with van der Waals surface area (Å²) in [6.45, 7) is 11.6. The van der Waals surface area contributed by atoms with Crippen LogP contribution in [0, 0.1) is 11.3 Å². The molecule has 134 valence electrons. The van der Waals surface area contributed by atoms with E-state index in [1.807, 2.05) is 0 Å². The molecule has 0 saturated heterocycles. The van der Waals surface area contributed by atoms with Gasteiger partial charge in [0.15, 0.2) is 6.07 Å². The Morgan fingerprint density at radius 3 is 2.26 bits per heavy atom. The van der Waals surface area contributed by atoms with E-state index in [9.17, 15) is 9.59 Å². The van der Waals surface area contributed by atoms with Crippen LogP contribution in [0.5, 0.6) is 0 Å². The van der Waals surface area contributed by atoms with Crippen LogP contribution in [0.3, 0.4) is 0 Å². The van der Waals surface area contributed by atoms with Gasteiger partial charge in [0.2, 0.25) is 0 Å². The third-order valence-corrected chi connectivity index (χ3v) is 4.34. The van der Waals surface area contributed by atoms with Gasteiger partial charge in [-0.1, -0.05) is 45.2 Å². The van der Waals surface area contributed by atoms with E-state index in [1.54, 1.807) is 20.8 Å². The molecule has 0 aliphatic heterocycles. The van der Waals surface area contributed by atoms with E-state index in [4.69, 9.17) is 21.1 Å². The molecule has 1 aliphatic carbocycles. The topological polar surface area (TPSA) is 64.6 Å². The third-order valence-electron chi connectivity index (χ3n) is 4.23. The Morgan fingerprint density at radius 1 is 1.17 bits per heavy atom. The molecule has 1 N–H and O–H groups in total. The highest BCUT2D eigenvalue weighted by molar-refractivity contribution is 6.17. The van der Waals surface area contributed by atoms with Crippen LogP contribution in [0.2, 0.25) is 0 Å². The fourth-order valence-corrected chi connectivity index (χ4v) is 3.55. The molecule has 1 fully saturated rings. The molecule has 2 unspecified atom stereocenters. The lowest BCUT2D eigenvalue weighted by Gasteiger charge is -2.48. The van der Waals surface area contributed by atoms with E-state index in [2.05, 4.69) is 26.1 Å². The summed E-state index contributed by atoms with van der Waals surface area (Å²) in [5.41, 5.74) is -1.89. The normalized spacial score (nSPS) is 25.6. The van der Waals surface area contributed by atoms with Gasteiger partial charge in [-0.3, -0.25) is 0 Å². The van der Waals surface area contributed by atoms with Gasteiger partial charge >= 0.3 is 12.1 Å². The molecular weight excluding hydrogens is 318 g/mol. The Kier molecular flexibility index (Phi) is 6.36. The number of hydrogen-bond acceptors (Lipinski definition) is 4. The highest BCUT2D eigenvalue weighted by atomic mass is 35.5. The second-order valence-electron chi connectivity index (χ2n) is 8.30. The molecule has 6 heteroatoms. The molecule has 1 amide bonds. The molecule has 1 aliphatic rings. The second-order valence-corrected chi connectivity index (χ2v) is 8.52. The van der Waals surface area contributed by atoms with E-state index in [0.717, 1.165) is 19.3 Å². The van der Waals surface area contributed by atoms with Crippen LogP contribution in [-0.2, 0) is 14.3 Å². The largest absolute Gasteiger partial charge is 0.448 e. The second kappa shape index (κ2) is 7.29. The predicted octanol–water partition coefficient (Wildman–Crippen LogP) is 4.23. The van der Waals surface area contributed by atoms with Crippen molar-refractivity contribution in [1.29, 1.82) is 0 Å². The predicted molar refractivity (Wildman–Crippen MR) is 90.3 cm³/mol. The van der Waals surface area contributed by atoms with Gasteiger partial charge in [0.05, 0.1) is 0 Å². The summed E-state index contributed by atoms with van der Waals surface area (Å²) in [5.74, 6) is -0.523. The van der Waals surface area contributed by atoms with Crippen molar-refractivity contribution in [2.75, 3.05) is 6.07 Å². The number of alkyl carbamates (subject to hydrolysis) is 1. The van der Waals surface area contributed by atoms with Crippen molar-refractivity contribution in [3.8, 4) is 0 Å². The molecule has 1 saturated carbocycles. The van der Waals surface area contributed by atoms with E-state index >= 15 is 0 Å². The number of amides is 1. The van der Waals surface area contributed by atoms with Crippen LogP contribution in [0.25, 0.3) is 0 Å². The molecule has 23 heavy (non-hydrogen) atoms. The first-order chi connectivity index (χ1) is 10.4. The average molecular weight is 348 g/mol. The number of esters is 1. The lowest BCUT2D eigenvalue weighted by Crippen LogP contribution is -2.64. The Morgan fingerprint density at radius 2 is 1.78 bits per heavy atom. The molecule has 1 rings (SSSR count). The van der Waals surface area contributed by atoms with Crippen LogP contribution in [0.4, 0.5) is 4.79 Å². The molecule has 0 radical (unpaired) electrons. The molecule has 0 bridgehead atoms. The highest BCUT2D eigenvalue weighted by Gasteiger charge is 2.54. The molecule has 2 atom stereocenters. The van der Waals surface area contributed by atoms with Gasteiger partial charge < -0.3 is 14.8 Å². The fraction of sp³-hybridized carbons (Fsp3) is 0.882. The van der Waals surface area contributed by atoms with E-state index < -0.39 is 23.2 Å². The van der Waals surface area contributed by atoms with Gasteiger partial charge in [-0.2, -0.15) is 0 Å². The number of ether oxygens (including phenoxy) is 2. The maximum Gasteiger partial charge on any atom is 0.408 e. The summed E-state index contributed by atoms with van der Waals surface area (Å²) in [4.78, 5) is 25.0. The van der Waals surface area contributed by atoms with Crippen LogP contribution in [0.15, 0.2) is 0 Å². The van der Waals surface area contributed by atoms with E-state index in [1.165, 1.54) is 0 Å². The summed E-state index contributed by atoms with van der Waals surface area (Å²) in [5, 5.41) is 2.84.